The Balaban J connectivity index is 1.39. The van der Waals surface area contributed by atoms with Crippen molar-refractivity contribution in [3.05, 3.63) is 59.2 Å². The number of carbonyl (C=O) groups excluding carboxylic acids is 2. The van der Waals surface area contributed by atoms with Gasteiger partial charge in [0.1, 0.15) is 6.04 Å². The molecule has 0 spiro atoms. The number of piperidine rings is 1. The highest BCUT2D eigenvalue weighted by Gasteiger charge is 2.39. The molecule has 2 heterocycles. The SMILES string of the molecule is Cc1ccc(S(=O)(=O)N2CCC(C(=O)N3CCC[C@@H]3C(=O)Nc3cc(C)ccc3C)CC2)cc1. The average Bonchev–Trinajstić information content (AvgIpc) is 3.31. The number of carbonyl (C=O) groups is 2. The molecule has 2 aromatic carbocycles. The summed E-state index contributed by atoms with van der Waals surface area (Å²) in [5.74, 6) is -0.455. The standard InChI is InChI=1S/C26H33N3O4S/c1-18-7-10-22(11-8-18)34(32,33)28-15-12-21(13-16-28)26(31)29-14-4-5-24(29)25(30)27-23-17-19(2)6-9-20(23)3/h6-11,17,21,24H,4-5,12-16H2,1-3H3,(H,27,30)/t24-/m1/s1. The minimum Gasteiger partial charge on any atom is -0.330 e. The van der Waals surface area contributed by atoms with E-state index < -0.39 is 16.1 Å². The number of hydrogen-bond donors (Lipinski definition) is 1. The summed E-state index contributed by atoms with van der Waals surface area (Å²) in [6, 6.07) is 12.3. The lowest BCUT2D eigenvalue weighted by atomic mass is 9.96. The van der Waals surface area contributed by atoms with Gasteiger partial charge in [-0.15, -0.1) is 0 Å². The molecule has 2 aromatic rings. The van der Waals surface area contributed by atoms with Gasteiger partial charge in [-0.2, -0.15) is 4.31 Å². The number of sulfonamides is 1. The van der Waals surface area contributed by atoms with Crippen LogP contribution >= 0.6 is 0 Å². The zero-order valence-electron chi connectivity index (χ0n) is 20.1. The lowest BCUT2D eigenvalue weighted by Gasteiger charge is -2.34. The fourth-order valence-electron chi connectivity index (χ4n) is 4.83. The van der Waals surface area contributed by atoms with Gasteiger partial charge in [0.05, 0.1) is 4.90 Å². The highest BCUT2D eigenvalue weighted by Crippen LogP contribution is 2.29. The van der Waals surface area contributed by atoms with E-state index in [1.54, 1.807) is 29.2 Å². The second kappa shape index (κ2) is 9.88. The first kappa shape index (κ1) is 24.4. The third kappa shape index (κ3) is 5.03. The van der Waals surface area contributed by atoms with Crippen LogP contribution < -0.4 is 5.32 Å². The number of hydrogen-bond acceptors (Lipinski definition) is 4. The van der Waals surface area contributed by atoms with Gasteiger partial charge in [-0.3, -0.25) is 9.59 Å². The molecule has 34 heavy (non-hydrogen) atoms. The van der Waals surface area contributed by atoms with Crippen molar-refractivity contribution in [1.82, 2.24) is 9.21 Å². The molecule has 4 rings (SSSR count). The monoisotopic (exact) mass is 483 g/mol. The van der Waals surface area contributed by atoms with Gasteiger partial charge in [0.2, 0.25) is 21.8 Å². The maximum atomic E-state index is 13.3. The van der Waals surface area contributed by atoms with E-state index in [9.17, 15) is 18.0 Å². The average molecular weight is 484 g/mol. The van der Waals surface area contributed by atoms with Crippen LogP contribution in [0.25, 0.3) is 0 Å². The van der Waals surface area contributed by atoms with Crippen LogP contribution in [0.5, 0.6) is 0 Å². The summed E-state index contributed by atoms with van der Waals surface area (Å²) in [7, 11) is -3.57. The molecule has 0 bridgehead atoms. The Kier molecular flexibility index (Phi) is 7.09. The van der Waals surface area contributed by atoms with Crippen LogP contribution in [0.4, 0.5) is 5.69 Å². The third-order valence-electron chi connectivity index (χ3n) is 6.95. The predicted molar refractivity (Wildman–Crippen MR) is 132 cm³/mol. The molecule has 2 aliphatic heterocycles. The molecule has 2 aliphatic rings. The molecule has 0 saturated carbocycles. The molecule has 0 aliphatic carbocycles. The van der Waals surface area contributed by atoms with Gasteiger partial charge in [-0.05, 0) is 75.8 Å². The first-order valence-electron chi connectivity index (χ1n) is 11.9. The highest BCUT2D eigenvalue weighted by atomic mass is 32.2. The molecule has 0 unspecified atom stereocenters. The van der Waals surface area contributed by atoms with Crippen molar-refractivity contribution in [3.8, 4) is 0 Å². The molecule has 1 atom stereocenters. The van der Waals surface area contributed by atoms with Crippen LogP contribution in [-0.4, -0.2) is 55.1 Å². The topological polar surface area (TPSA) is 86.8 Å². The number of nitrogens with zero attached hydrogens (tertiary/aromatic N) is 2. The fourth-order valence-corrected chi connectivity index (χ4v) is 6.30. The Morgan fingerprint density at radius 3 is 2.21 bits per heavy atom. The third-order valence-corrected chi connectivity index (χ3v) is 8.86. The summed E-state index contributed by atoms with van der Waals surface area (Å²) in [5, 5.41) is 3.01. The van der Waals surface area contributed by atoms with E-state index in [0.29, 0.717) is 38.9 Å². The van der Waals surface area contributed by atoms with Crippen molar-refractivity contribution < 1.29 is 18.0 Å². The van der Waals surface area contributed by atoms with E-state index in [2.05, 4.69) is 5.32 Å². The van der Waals surface area contributed by atoms with Crippen LogP contribution in [0.1, 0.15) is 42.4 Å². The van der Waals surface area contributed by atoms with E-state index in [-0.39, 0.29) is 22.6 Å². The molecule has 2 fully saturated rings. The van der Waals surface area contributed by atoms with E-state index >= 15 is 0 Å². The molecule has 0 aromatic heterocycles. The first-order valence-corrected chi connectivity index (χ1v) is 13.4. The van der Waals surface area contributed by atoms with Gasteiger partial charge >= 0.3 is 0 Å². The lowest BCUT2D eigenvalue weighted by Crippen LogP contribution is -2.48. The number of likely N-dealkylation sites (tertiary alicyclic amines) is 1. The zero-order valence-corrected chi connectivity index (χ0v) is 20.9. The number of nitrogens with one attached hydrogen (secondary N) is 1. The zero-order chi connectivity index (χ0) is 24.5. The molecule has 2 amide bonds. The molecular weight excluding hydrogens is 450 g/mol. The van der Waals surface area contributed by atoms with E-state index in [1.165, 1.54) is 4.31 Å². The number of amides is 2. The molecule has 182 valence electrons. The van der Waals surface area contributed by atoms with Crippen molar-refractivity contribution in [3.63, 3.8) is 0 Å². The summed E-state index contributed by atoms with van der Waals surface area (Å²) in [4.78, 5) is 28.4. The van der Waals surface area contributed by atoms with Gasteiger partial charge in [0.25, 0.3) is 0 Å². The number of aryl methyl sites for hydroxylation is 3. The molecule has 2 saturated heterocycles. The van der Waals surface area contributed by atoms with E-state index in [1.807, 2.05) is 39.0 Å². The van der Waals surface area contributed by atoms with Gasteiger partial charge in [-0.25, -0.2) is 8.42 Å². The number of anilines is 1. The second-order valence-electron chi connectivity index (χ2n) is 9.49. The Morgan fingerprint density at radius 1 is 0.882 bits per heavy atom. The van der Waals surface area contributed by atoms with Gasteiger partial charge in [0, 0.05) is 31.2 Å². The predicted octanol–water partition coefficient (Wildman–Crippen LogP) is 3.64. The number of rotatable bonds is 5. The smallest absolute Gasteiger partial charge is 0.247 e. The Bertz CT molecular complexity index is 1170. The maximum Gasteiger partial charge on any atom is 0.247 e. The second-order valence-corrected chi connectivity index (χ2v) is 11.4. The minimum atomic E-state index is -3.57. The van der Waals surface area contributed by atoms with Crippen LogP contribution in [0.2, 0.25) is 0 Å². The first-order chi connectivity index (χ1) is 16.2. The Labute approximate surface area is 202 Å². The van der Waals surface area contributed by atoms with Crippen molar-refractivity contribution in [2.24, 2.45) is 5.92 Å². The largest absolute Gasteiger partial charge is 0.330 e. The Hall–Kier alpha value is -2.71. The van der Waals surface area contributed by atoms with E-state index in [0.717, 1.165) is 28.8 Å². The van der Waals surface area contributed by atoms with Crippen LogP contribution in [0.3, 0.4) is 0 Å². The van der Waals surface area contributed by atoms with Gasteiger partial charge in [-0.1, -0.05) is 29.8 Å². The van der Waals surface area contributed by atoms with Crippen LogP contribution in [-0.2, 0) is 19.6 Å². The maximum absolute atomic E-state index is 13.3. The van der Waals surface area contributed by atoms with Gasteiger partial charge in [0.15, 0.2) is 0 Å². The van der Waals surface area contributed by atoms with Crippen molar-refractivity contribution in [2.75, 3.05) is 25.0 Å². The molecule has 7 nitrogen and oxygen atoms in total. The highest BCUT2D eigenvalue weighted by molar-refractivity contribution is 7.89. The summed E-state index contributed by atoms with van der Waals surface area (Å²) in [5.41, 5.74) is 3.83. The molecule has 0 radical (unpaired) electrons. The molecule has 8 heteroatoms. The minimum absolute atomic E-state index is 0.0361. The van der Waals surface area contributed by atoms with Crippen molar-refractivity contribution >= 4 is 27.5 Å². The molecule has 1 N–H and O–H groups in total. The Morgan fingerprint density at radius 2 is 1.53 bits per heavy atom. The summed E-state index contributed by atoms with van der Waals surface area (Å²) in [6.45, 7) is 7.02. The lowest BCUT2D eigenvalue weighted by molar-refractivity contribution is -0.141. The van der Waals surface area contributed by atoms with Crippen molar-refractivity contribution in [2.45, 2.75) is 57.4 Å². The van der Waals surface area contributed by atoms with E-state index in [4.69, 9.17) is 0 Å². The van der Waals surface area contributed by atoms with Crippen molar-refractivity contribution in [1.29, 1.82) is 0 Å². The van der Waals surface area contributed by atoms with Crippen LogP contribution in [0.15, 0.2) is 47.4 Å². The summed E-state index contributed by atoms with van der Waals surface area (Å²) in [6.07, 6.45) is 2.36. The summed E-state index contributed by atoms with van der Waals surface area (Å²) < 4.78 is 27.4. The summed E-state index contributed by atoms with van der Waals surface area (Å²) >= 11 is 0. The number of benzene rings is 2. The normalized spacial score (nSPS) is 19.9. The van der Waals surface area contributed by atoms with Crippen LogP contribution in [0, 0.1) is 26.7 Å². The fraction of sp³-hybridized carbons (Fsp3) is 0.462. The quantitative estimate of drug-likeness (QED) is 0.703. The molecular formula is C26H33N3O4S. The van der Waals surface area contributed by atoms with Gasteiger partial charge < -0.3 is 10.2 Å².